The molecule has 4 atom stereocenters. The van der Waals surface area contributed by atoms with Gasteiger partial charge in [-0.25, -0.2) is 4.79 Å². The summed E-state index contributed by atoms with van der Waals surface area (Å²) >= 11 is 0. The van der Waals surface area contributed by atoms with Crippen molar-refractivity contribution in [3.8, 4) is 0 Å². The van der Waals surface area contributed by atoms with Gasteiger partial charge in [0.2, 0.25) is 0 Å². The number of halogens is 3. The predicted molar refractivity (Wildman–Crippen MR) is 82.0 cm³/mol. The van der Waals surface area contributed by atoms with Gasteiger partial charge in [0.25, 0.3) is 0 Å². The maximum Gasteiger partial charge on any atom is 0.416 e. The van der Waals surface area contributed by atoms with Crippen LogP contribution in [-0.4, -0.2) is 12.1 Å². The third-order valence-corrected chi connectivity index (χ3v) is 5.24. The van der Waals surface area contributed by atoms with Gasteiger partial charge in [-0.05, 0) is 62.1 Å². The van der Waals surface area contributed by atoms with Crippen molar-refractivity contribution in [1.82, 2.24) is 5.32 Å². The van der Waals surface area contributed by atoms with Crippen LogP contribution in [0, 0.1) is 17.8 Å². The zero-order valence-electron chi connectivity index (χ0n) is 13.0. The molecule has 2 fully saturated rings. The first-order valence-electron chi connectivity index (χ1n) is 8.07. The molecule has 2 aliphatic rings. The number of fused-ring (bicyclic) bond motifs is 2. The molecule has 0 spiro atoms. The van der Waals surface area contributed by atoms with Gasteiger partial charge in [0.1, 0.15) is 0 Å². The number of rotatable bonds is 3. The average Bonchev–Trinajstić information content (AvgIpc) is 3.09. The molecule has 0 heterocycles. The van der Waals surface area contributed by atoms with Crippen molar-refractivity contribution in [2.75, 3.05) is 5.32 Å². The molecular weight excluding hydrogens is 305 g/mol. The lowest BCUT2D eigenvalue weighted by Crippen LogP contribution is -2.42. The molecule has 0 unspecified atom stereocenters. The van der Waals surface area contributed by atoms with Crippen LogP contribution in [0.2, 0.25) is 0 Å². The number of alkyl halides is 3. The highest BCUT2D eigenvalue weighted by molar-refractivity contribution is 5.89. The molecule has 126 valence electrons. The second-order valence-corrected chi connectivity index (χ2v) is 6.80. The van der Waals surface area contributed by atoms with Crippen LogP contribution in [-0.2, 0) is 6.18 Å². The smallest absolute Gasteiger partial charge is 0.335 e. The molecule has 0 saturated heterocycles. The molecule has 2 bridgehead atoms. The Morgan fingerprint density at radius 2 is 2.04 bits per heavy atom. The molecule has 2 amide bonds. The van der Waals surface area contributed by atoms with E-state index in [1.54, 1.807) is 0 Å². The van der Waals surface area contributed by atoms with Gasteiger partial charge in [-0.1, -0.05) is 12.5 Å². The first-order valence-corrected chi connectivity index (χ1v) is 8.07. The van der Waals surface area contributed by atoms with Gasteiger partial charge < -0.3 is 10.6 Å². The summed E-state index contributed by atoms with van der Waals surface area (Å²) in [6.45, 7) is 1.98. The molecule has 1 aromatic rings. The lowest BCUT2D eigenvalue weighted by atomic mass is 9.84. The van der Waals surface area contributed by atoms with E-state index in [4.69, 9.17) is 0 Å². The number of carbonyl (C=O) groups excluding carboxylic acids is 1. The van der Waals surface area contributed by atoms with Gasteiger partial charge in [-0.15, -0.1) is 0 Å². The summed E-state index contributed by atoms with van der Waals surface area (Å²) < 4.78 is 38.0. The topological polar surface area (TPSA) is 41.1 Å². The summed E-state index contributed by atoms with van der Waals surface area (Å²) in [6, 6.07) is 4.27. The summed E-state index contributed by atoms with van der Waals surface area (Å²) in [7, 11) is 0. The Balaban J connectivity index is 1.57. The lowest BCUT2D eigenvalue weighted by molar-refractivity contribution is -0.137. The number of benzene rings is 1. The normalized spacial score (nSPS) is 27.7. The van der Waals surface area contributed by atoms with E-state index in [-0.39, 0.29) is 11.7 Å². The predicted octanol–water partition coefficient (Wildman–Crippen LogP) is 4.65. The molecule has 3 nitrogen and oxygen atoms in total. The Morgan fingerprint density at radius 3 is 2.65 bits per heavy atom. The van der Waals surface area contributed by atoms with Crippen LogP contribution in [0.3, 0.4) is 0 Å². The van der Waals surface area contributed by atoms with E-state index in [9.17, 15) is 18.0 Å². The van der Waals surface area contributed by atoms with Crippen molar-refractivity contribution in [3.63, 3.8) is 0 Å². The fourth-order valence-electron chi connectivity index (χ4n) is 4.16. The number of hydrogen-bond donors (Lipinski definition) is 2. The van der Waals surface area contributed by atoms with Crippen molar-refractivity contribution in [1.29, 1.82) is 0 Å². The van der Waals surface area contributed by atoms with E-state index in [2.05, 4.69) is 10.6 Å². The van der Waals surface area contributed by atoms with Crippen molar-refractivity contribution < 1.29 is 18.0 Å². The van der Waals surface area contributed by atoms with Crippen LogP contribution >= 0.6 is 0 Å². The van der Waals surface area contributed by atoms with E-state index in [1.807, 2.05) is 6.92 Å². The van der Waals surface area contributed by atoms with Gasteiger partial charge >= 0.3 is 12.2 Å². The molecule has 6 heteroatoms. The molecule has 2 N–H and O–H groups in total. The Hall–Kier alpha value is -1.72. The van der Waals surface area contributed by atoms with Crippen LogP contribution < -0.4 is 10.6 Å². The molecular formula is C17H21F3N2O. The maximum atomic E-state index is 12.7. The van der Waals surface area contributed by atoms with Crippen LogP contribution in [0.15, 0.2) is 24.3 Å². The summed E-state index contributed by atoms with van der Waals surface area (Å²) in [5.41, 5.74) is -0.617. The minimum Gasteiger partial charge on any atom is -0.335 e. The van der Waals surface area contributed by atoms with E-state index in [0.717, 1.165) is 24.5 Å². The van der Waals surface area contributed by atoms with Gasteiger partial charge in [-0.3, -0.25) is 0 Å². The highest BCUT2D eigenvalue weighted by Gasteiger charge is 2.42. The molecule has 23 heavy (non-hydrogen) atoms. The second-order valence-electron chi connectivity index (χ2n) is 6.80. The first-order chi connectivity index (χ1) is 10.8. The number of amides is 2. The van der Waals surface area contributed by atoms with Crippen LogP contribution in [0.4, 0.5) is 23.7 Å². The number of nitrogens with one attached hydrogen (secondary N) is 2. The minimum atomic E-state index is -4.41. The number of carbonyl (C=O) groups is 1. The minimum absolute atomic E-state index is 0.0381. The Kier molecular flexibility index (Phi) is 4.25. The van der Waals surface area contributed by atoms with Crippen molar-refractivity contribution in [2.24, 2.45) is 17.8 Å². The van der Waals surface area contributed by atoms with Crippen LogP contribution in [0.1, 0.15) is 38.2 Å². The van der Waals surface area contributed by atoms with Crippen LogP contribution in [0.25, 0.3) is 0 Å². The van der Waals surface area contributed by atoms with Crippen molar-refractivity contribution >= 4 is 11.7 Å². The number of hydrogen-bond acceptors (Lipinski definition) is 1. The molecule has 0 aliphatic heterocycles. The third-order valence-electron chi connectivity index (χ3n) is 5.24. The van der Waals surface area contributed by atoms with Crippen molar-refractivity contribution in [2.45, 2.75) is 44.8 Å². The first kappa shape index (κ1) is 16.1. The SMILES string of the molecule is C[C@@H](NC(=O)Nc1cccc(C(F)(F)F)c1)[C@@H]1C[C@@H]2CC[C@@H]1C2. The summed E-state index contributed by atoms with van der Waals surface area (Å²) in [6.07, 6.45) is 0.521. The van der Waals surface area contributed by atoms with E-state index >= 15 is 0 Å². The highest BCUT2D eigenvalue weighted by Crippen LogP contribution is 2.49. The lowest BCUT2D eigenvalue weighted by Gasteiger charge is -2.28. The molecule has 3 rings (SSSR count). The standard InChI is InChI=1S/C17H21F3N2O/c1-10(15-8-11-5-6-12(15)7-11)21-16(23)22-14-4-2-3-13(9-14)17(18,19)20/h2-4,9-12,15H,5-8H2,1H3,(H2,21,22,23)/t10-,11-,12-,15+/m1/s1. The van der Waals surface area contributed by atoms with Crippen molar-refractivity contribution in [3.05, 3.63) is 29.8 Å². The fraction of sp³-hybridized carbons (Fsp3) is 0.588. The fourth-order valence-corrected chi connectivity index (χ4v) is 4.16. The average molecular weight is 326 g/mol. The highest BCUT2D eigenvalue weighted by atomic mass is 19.4. The Bertz CT molecular complexity index is 587. The largest absolute Gasteiger partial charge is 0.416 e. The number of anilines is 1. The second kappa shape index (κ2) is 6.06. The molecule has 1 aromatic carbocycles. The molecule has 0 radical (unpaired) electrons. The number of urea groups is 1. The van der Waals surface area contributed by atoms with E-state index in [1.165, 1.54) is 31.4 Å². The van der Waals surface area contributed by atoms with Gasteiger partial charge in [-0.2, -0.15) is 13.2 Å². The van der Waals surface area contributed by atoms with E-state index < -0.39 is 17.8 Å². The molecule has 2 saturated carbocycles. The Morgan fingerprint density at radius 1 is 1.26 bits per heavy atom. The Labute approximate surface area is 133 Å². The summed E-state index contributed by atoms with van der Waals surface area (Å²) in [4.78, 5) is 12.0. The maximum absolute atomic E-state index is 12.7. The summed E-state index contributed by atoms with van der Waals surface area (Å²) in [5.74, 6) is 1.96. The van der Waals surface area contributed by atoms with Gasteiger partial charge in [0, 0.05) is 11.7 Å². The summed E-state index contributed by atoms with van der Waals surface area (Å²) in [5, 5.41) is 5.38. The quantitative estimate of drug-likeness (QED) is 0.834. The van der Waals surface area contributed by atoms with E-state index in [0.29, 0.717) is 11.8 Å². The zero-order valence-corrected chi connectivity index (χ0v) is 13.0. The molecule has 0 aromatic heterocycles. The zero-order chi connectivity index (χ0) is 16.6. The third kappa shape index (κ3) is 3.62. The van der Waals surface area contributed by atoms with Gasteiger partial charge in [0.05, 0.1) is 5.56 Å². The monoisotopic (exact) mass is 326 g/mol. The van der Waals surface area contributed by atoms with Crippen LogP contribution in [0.5, 0.6) is 0 Å². The van der Waals surface area contributed by atoms with Gasteiger partial charge in [0.15, 0.2) is 0 Å². The molecule has 2 aliphatic carbocycles.